The summed E-state index contributed by atoms with van der Waals surface area (Å²) in [6, 6.07) is 15.2. The zero-order valence-electron chi connectivity index (χ0n) is 14.0. The Hall–Kier alpha value is -2.04. The van der Waals surface area contributed by atoms with Gasteiger partial charge in [-0.15, -0.1) is 0 Å². The number of hydrogen-bond acceptors (Lipinski definition) is 4. The highest BCUT2D eigenvalue weighted by Crippen LogP contribution is 2.19. The fraction of sp³-hybridized carbons (Fsp3) is 0.368. The van der Waals surface area contributed by atoms with Crippen LogP contribution < -0.4 is 15.8 Å². The number of β-amino-alcohol motifs (C(OH)–C–C–N with tert-alkyl or cyclic N) is 1. The van der Waals surface area contributed by atoms with Crippen LogP contribution in [0.4, 0.5) is 5.69 Å². The molecule has 0 saturated carbocycles. The Morgan fingerprint density at radius 1 is 1.13 bits per heavy atom. The Morgan fingerprint density at radius 3 is 2.43 bits per heavy atom. The molecule has 0 fully saturated rings. The van der Waals surface area contributed by atoms with Gasteiger partial charge >= 0.3 is 0 Å². The summed E-state index contributed by atoms with van der Waals surface area (Å²) >= 11 is 0. The van der Waals surface area contributed by atoms with Crippen LogP contribution in [0.5, 0.6) is 5.75 Å². The molecule has 124 valence electrons. The first-order valence-corrected chi connectivity index (χ1v) is 7.84. The monoisotopic (exact) mass is 314 g/mol. The van der Waals surface area contributed by atoms with Crippen LogP contribution in [0.1, 0.15) is 38.0 Å². The molecule has 0 spiro atoms. The highest BCUT2D eigenvalue weighted by molar-refractivity contribution is 5.40. The van der Waals surface area contributed by atoms with Gasteiger partial charge in [0.05, 0.1) is 6.10 Å². The Morgan fingerprint density at radius 2 is 1.83 bits per heavy atom. The van der Waals surface area contributed by atoms with E-state index < -0.39 is 6.10 Å². The Kier molecular flexibility index (Phi) is 5.64. The lowest BCUT2D eigenvalue weighted by molar-refractivity contribution is 0.163. The van der Waals surface area contributed by atoms with Crippen LogP contribution in [0.3, 0.4) is 0 Å². The Balaban J connectivity index is 1.89. The number of benzene rings is 2. The summed E-state index contributed by atoms with van der Waals surface area (Å²) in [6.45, 7) is 7.22. The minimum Gasteiger partial charge on any atom is -0.489 e. The van der Waals surface area contributed by atoms with Crippen LogP contribution in [-0.2, 0) is 6.61 Å². The van der Waals surface area contributed by atoms with Crippen molar-refractivity contribution in [2.75, 3.05) is 12.3 Å². The summed E-state index contributed by atoms with van der Waals surface area (Å²) in [6.07, 6.45) is -0.530. The number of nitrogens with two attached hydrogens (primary N) is 1. The quantitative estimate of drug-likeness (QED) is 0.716. The van der Waals surface area contributed by atoms with Crippen molar-refractivity contribution in [3.63, 3.8) is 0 Å². The van der Waals surface area contributed by atoms with Crippen molar-refractivity contribution in [2.24, 2.45) is 0 Å². The van der Waals surface area contributed by atoms with Crippen molar-refractivity contribution >= 4 is 5.69 Å². The Bertz CT molecular complexity index is 618. The molecule has 0 saturated heterocycles. The molecule has 1 unspecified atom stereocenters. The number of aliphatic hydroxyl groups is 1. The van der Waals surface area contributed by atoms with E-state index >= 15 is 0 Å². The molecule has 0 bridgehead atoms. The van der Waals surface area contributed by atoms with Crippen LogP contribution in [0.2, 0.25) is 0 Å². The summed E-state index contributed by atoms with van der Waals surface area (Å²) < 4.78 is 5.74. The number of rotatable bonds is 6. The van der Waals surface area contributed by atoms with Crippen LogP contribution >= 0.6 is 0 Å². The predicted molar refractivity (Wildman–Crippen MR) is 94.3 cm³/mol. The van der Waals surface area contributed by atoms with Gasteiger partial charge in [0.15, 0.2) is 0 Å². The van der Waals surface area contributed by atoms with Gasteiger partial charge in [-0.1, -0.05) is 24.3 Å². The van der Waals surface area contributed by atoms with E-state index in [1.54, 1.807) is 0 Å². The third kappa shape index (κ3) is 5.93. The van der Waals surface area contributed by atoms with E-state index in [0.717, 1.165) is 22.6 Å². The summed E-state index contributed by atoms with van der Waals surface area (Å²) in [7, 11) is 0. The van der Waals surface area contributed by atoms with Crippen molar-refractivity contribution in [3.8, 4) is 5.75 Å². The van der Waals surface area contributed by atoms with E-state index in [1.807, 2.05) is 48.5 Å². The summed E-state index contributed by atoms with van der Waals surface area (Å²) in [5, 5.41) is 13.5. The van der Waals surface area contributed by atoms with Crippen LogP contribution in [0.15, 0.2) is 48.5 Å². The molecule has 0 aliphatic carbocycles. The third-order valence-electron chi connectivity index (χ3n) is 3.45. The molecule has 0 heterocycles. The van der Waals surface area contributed by atoms with Gasteiger partial charge in [-0.2, -0.15) is 0 Å². The average molecular weight is 314 g/mol. The van der Waals surface area contributed by atoms with Crippen molar-refractivity contribution in [2.45, 2.75) is 39.0 Å². The maximum atomic E-state index is 10.2. The van der Waals surface area contributed by atoms with Gasteiger partial charge in [0.1, 0.15) is 12.4 Å². The summed E-state index contributed by atoms with van der Waals surface area (Å²) in [5.74, 6) is 0.771. The molecule has 23 heavy (non-hydrogen) atoms. The minimum atomic E-state index is -0.530. The van der Waals surface area contributed by atoms with Crippen molar-refractivity contribution < 1.29 is 9.84 Å². The molecular formula is C19H26N2O2. The summed E-state index contributed by atoms with van der Waals surface area (Å²) in [5.41, 5.74) is 8.37. The standard InChI is InChI=1S/C19H26N2O2/c1-19(2,3)21-12-18(22)15-7-9-17(10-8-15)23-13-14-5-4-6-16(20)11-14/h4-11,18,21-22H,12-13,20H2,1-3H3. The lowest BCUT2D eigenvalue weighted by atomic mass is 10.1. The maximum absolute atomic E-state index is 10.2. The minimum absolute atomic E-state index is 0.0123. The second kappa shape index (κ2) is 7.49. The van der Waals surface area contributed by atoms with Gasteiger partial charge in [0.25, 0.3) is 0 Å². The van der Waals surface area contributed by atoms with E-state index in [2.05, 4.69) is 26.1 Å². The molecule has 0 aliphatic rings. The van der Waals surface area contributed by atoms with Crippen molar-refractivity contribution in [3.05, 3.63) is 59.7 Å². The largest absolute Gasteiger partial charge is 0.489 e. The van der Waals surface area contributed by atoms with Crippen LogP contribution in [-0.4, -0.2) is 17.2 Å². The smallest absolute Gasteiger partial charge is 0.119 e. The molecule has 4 N–H and O–H groups in total. The van der Waals surface area contributed by atoms with Crippen molar-refractivity contribution in [1.29, 1.82) is 0 Å². The number of ether oxygens (including phenoxy) is 1. The topological polar surface area (TPSA) is 67.5 Å². The molecule has 1 atom stereocenters. The normalized spacial score (nSPS) is 12.9. The second-order valence-corrected chi connectivity index (χ2v) is 6.75. The van der Waals surface area contributed by atoms with Gasteiger partial charge < -0.3 is 20.9 Å². The molecule has 4 heteroatoms. The highest BCUT2D eigenvalue weighted by Gasteiger charge is 2.13. The van der Waals surface area contributed by atoms with Gasteiger partial charge in [-0.05, 0) is 56.2 Å². The van der Waals surface area contributed by atoms with Gasteiger partial charge in [-0.3, -0.25) is 0 Å². The molecule has 2 rings (SSSR count). The predicted octanol–water partition coefficient (Wildman–Crippen LogP) is 3.27. The first-order chi connectivity index (χ1) is 10.8. The Labute approximate surface area is 138 Å². The number of nitrogen functional groups attached to an aromatic ring is 1. The fourth-order valence-electron chi connectivity index (χ4n) is 2.16. The molecule has 0 amide bonds. The molecule has 4 nitrogen and oxygen atoms in total. The first-order valence-electron chi connectivity index (χ1n) is 7.84. The second-order valence-electron chi connectivity index (χ2n) is 6.75. The molecule has 2 aromatic rings. The van der Waals surface area contributed by atoms with Crippen LogP contribution in [0.25, 0.3) is 0 Å². The maximum Gasteiger partial charge on any atom is 0.119 e. The zero-order chi connectivity index (χ0) is 16.9. The molecule has 0 radical (unpaired) electrons. The summed E-state index contributed by atoms with van der Waals surface area (Å²) in [4.78, 5) is 0. The molecule has 0 aliphatic heterocycles. The molecular weight excluding hydrogens is 288 g/mol. The molecule has 0 aromatic heterocycles. The lowest BCUT2D eigenvalue weighted by Crippen LogP contribution is -2.38. The third-order valence-corrected chi connectivity index (χ3v) is 3.45. The lowest BCUT2D eigenvalue weighted by Gasteiger charge is -2.23. The first kappa shape index (κ1) is 17.3. The fourth-order valence-corrected chi connectivity index (χ4v) is 2.16. The number of nitrogens with one attached hydrogen (secondary N) is 1. The van der Waals surface area contributed by atoms with E-state index in [9.17, 15) is 5.11 Å². The number of anilines is 1. The highest BCUT2D eigenvalue weighted by atomic mass is 16.5. The molecule has 2 aromatic carbocycles. The SMILES string of the molecule is CC(C)(C)NCC(O)c1ccc(OCc2cccc(N)c2)cc1. The zero-order valence-corrected chi connectivity index (χ0v) is 14.0. The average Bonchev–Trinajstić information content (AvgIpc) is 2.50. The number of aliphatic hydroxyl groups excluding tert-OH is 1. The number of hydrogen-bond donors (Lipinski definition) is 3. The van der Waals surface area contributed by atoms with E-state index in [1.165, 1.54) is 0 Å². The van der Waals surface area contributed by atoms with Crippen molar-refractivity contribution in [1.82, 2.24) is 5.32 Å². The van der Waals surface area contributed by atoms with E-state index in [-0.39, 0.29) is 5.54 Å². The van der Waals surface area contributed by atoms with Gasteiger partial charge in [-0.25, -0.2) is 0 Å². The van der Waals surface area contributed by atoms with Gasteiger partial charge in [0.2, 0.25) is 0 Å². The van der Waals surface area contributed by atoms with Crippen LogP contribution in [0, 0.1) is 0 Å². The van der Waals surface area contributed by atoms with E-state index in [4.69, 9.17) is 10.5 Å². The van der Waals surface area contributed by atoms with E-state index in [0.29, 0.717) is 13.2 Å². The van der Waals surface area contributed by atoms with Gasteiger partial charge in [0, 0.05) is 17.8 Å².